The van der Waals surface area contributed by atoms with E-state index in [0.717, 1.165) is 0 Å². The maximum absolute atomic E-state index is 14.7. The highest BCUT2D eigenvalue weighted by Gasteiger charge is 2.45. The van der Waals surface area contributed by atoms with Crippen LogP contribution in [0.25, 0.3) is 0 Å². The van der Waals surface area contributed by atoms with Crippen LogP contribution in [-0.2, 0) is 4.74 Å². The van der Waals surface area contributed by atoms with Gasteiger partial charge in [0.1, 0.15) is 17.7 Å². The molecule has 0 radical (unpaired) electrons. The third-order valence-corrected chi connectivity index (χ3v) is 5.65. The Bertz CT molecular complexity index is 874. The van der Waals surface area contributed by atoms with Gasteiger partial charge in [-0.05, 0) is 48.0 Å². The van der Waals surface area contributed by atoms with Gasteiger partial charge in [-0.1, -0.05) is 25.1 Å². The van der Waals surface area contributed by atoms with Crippen molar-refractivity contribution in [1.82, 2.24) is 0 Å². The lowest BCUT2D eigenvalue weighted by Gasteiger charge is -2.44. The molecule has 0 saturated heterocycles. The average Bonchev–Trinajstić information content (AvgIpc) is 2.62. The minimum absolute atomic E-state index is 0.221. The Morgan fingerprint density at radius 3 is 2.52 bits per heavy atom. The minimum Gasteiger partial charge on any atom is -0.443 e. The summed E-state index contributed by atoms with van der Waals surface area (Å²) >= 11 is 2.95. The molecule has 0 bridgehead atoms. The molecule has 0 aliphatic carbocycles. The first kappa shape index (κ1) is 19.6. The van der Waals surface area contributed by atoms with Gasteiger partial charge in [0, 0.05) is 29.9 Å². The third kappa shape index (κ3) is 3.52. The van der Waals surface area contributed by atoms with E-state index in [1.165, 1.54) is 11.0 Å². The standard InChI is InChI=1S/C20H21BrF2N2O2/c1-11-15-14(10-13(22)16(21)17(15)23)24-20(2,3)18(11)27-19(26)25(4)12-8-6-5-7-9-12/h5-11,18,24H,1-4H3. The summed E-state index contributed by atoms with van der Waals surface area (Å²) in [5, 5.41) is 3.11. The van der Waals surface area contributed by atoms with Gasteiger partial charge in [-0.2, -0.15) is 0 Å². The van der Waals surface area contributed by atoms with Crippen LogP contribution in [0.3, 0.4) is 0 Å². The second kappa shape index (κ2) is 7.11. The molecule has 2 aromatic rings. The molecule has 1 amide bonds. The zero-order valence-corrected chi connectivity index (χ0v) is 17.1. The number of fused-ring (bicyclic) bond motifs is 1. The quantitative estimate of drug-likeness (QED) is 0.613. The van der Waals surface area contributed by atoms with E-state index in [0.29, 0.717) is 16.9 Å². The van der Waals surface area contributed by atoms with E-state index in [9.17, 15) is 13.6 Å². The predicted octanol–water partition coefficient (Wildman–Crippen LogP) is 5.68. The molecule has 1 N–H and O–H groups in total. The normalized spacial score (nSPS) is 20.4. The molecule has 3 rings (SSSR count). The lowest BCUT2D eigenvalue weighted by Crippen LogP contribution is -2.53. The first-order valence-corrected chi connectivity index (χ1v) is 9.37. The zero-order chi connectivity index (χ0) is 19.9. The van der Waals surface area contributed by atoms with E-state index in [1.807, 2.05) is 32.0 Å². The fraction of sp³-hybridized carbons (Fsp3) is 0.350. The Kier molecular flexibility index (Phi) is 5.16. The lowest BCUT2D eigenvalue weighted by molar-refractivity contribution is 0.0520. The van der Waals surface area contributed by atoms with Crippen molar-refractivity contribution in [3.63, 3.8) is 0 Å². The Balaban J connectivity index is 1.92. The van der Waals surface area contributed by atoms with Gasteiger partial charge >= 0.3 is 6.09 Å². The summed E-state index contributed by atoms with van der Waals surface area (Å²) in [7, 11) is 1.62. The summed E-state index contributed by atoms with van der Waals surface area (Å²) in [5.41, 5.74) is 0.636. The first-order valence-electron chi connectivity index (χ1n) is 8.58. The average molecular weight is 439 g/mol. The maximum Gasteiger partial charge on any atom is 0.414 e. The highest BCUT2D eigenvalue weighted by Crippen LogP contribution is 2.44. The SMILES string of the molecule is CC1c2c(cc(F)c(Br)c2F)NC(C)(C)C1OC(=O)N(C)c1ccccc1. The van der Waals surface area contributed by atoms with Crippen molar-refractivity contribution in [3.8, 4) is 0 Å². The smallest absolute Gasteiger partial charge is 0.414 e. The number of nitrogens with one attached hydrogen (secondary N) is 1. The van der Waals surface area contributed by atoms with Gasteiger partial charge in [-0.3, -0.25) is 4.90 Å². The summed E-state index contributed by atoms with van der Waals surface area (Å²) in [6.45, 7) is 5.45. The molecule has 4 nitrogen and oxygen atoms in total. The predicted molar refractivity (Wildman–Crippen MR) is 105 cm³/mol. The number of amides is 1. The van der Waals surface area contributed by atoms with Gasteiger partial charge in [0.2, 0.25) is 0 Å². The number of hydrogen-bond donors (Lipinski definition) is 1. The molecule has 144 valence electrons. The van der Waals surface area contributed by atoms with E-state index in [1.54, 1.807) is 26.1 Å². The minimum atomic E-state index is -0.716. The highest BCUT2D eigenvalue weighted by atomic mass is 79.9. The largest absolute Gasteiger partial charge is 0.443 e. The molecule has 0 fully saturated rings. The molecule has 2 aromatic carbocycles. The molecule has 0 spiro atoms. The number of carbonyl (C=O) groups is 1. The number of carbonyl (C=O) groups excluding carboxylic acids is 1. The van der Waals surface area contributed by atoms with Crippen molar-refractivity contribution in [1.29, 1.82) is 0 Å². The van der Waals surface area contributed by atoms with Crippen molar-refractivity contribution in [2.45, 2.75) is 38.3 Å². The Labute approximate surface area is 165 Å². The lowest BCUT2D eigenvalue weighted by atomic mass is 9.78. The second-order valence-corrected chi connectivity index (χ2v) is 8.07. The van der Waals surface area contributed by atoms with Gasteiger partial charge < -0.3 is 10.1 Å². The summed E-state index contributed by atoms with van der Waals surface area (Å²) in [4.78, 5) is 14.1. The fourth-order valence-electron chi connectivity index (χ4n) is 3.55. The molecule has 1 aliphatic rings. The number of ether oxygens (including phenoxy) is 1. The molecule has 2 atom stereocenters. The van der Waals surface area contributed by atoms with Crippen LogP contribution in [0.4, 0.5) is 25.0 Å². The summed E-state index contributed by atoms with van der Waals surface area (Å²) in [6, 6.07) is 10.4. The van der Waals surface area contributed by atoms with Crippen LogP contribution in [0.1, 0.15) is 32.3 Å². The van der Waals surface area contributed by atoms with Gasteiger partial charge in [-0.15, -0.1) is 0 Å². The number of halogens is 3. The number of benzene rings is 2. The topological polar surface area (TPSA) is 41.6 Å². The fourth-order valence-corrected chi connectivity index (χ4v) is 3.87. The molecular formula is C20H21BrF2N2O2. The number of para-hydroxylation sites is 1. The summed E-state index contributed by atoms with van der Waals surface area (Å²) in [6.07, 6.45) is -1.20. The molecule has 7 heteroatoms. The van der Waals surface area contributed by atoms with Crippen molar-refractivity contribution in [2.24, 2.45) is 0 Å². The van der Waals surface area contributed by atoms with Crippen LogP contribution in [-0.4, -0.2) is 24.8 Å². The Hall–Kier alpha value is -2.15. The van der Waals surface area contributed by atoms with Crippen LogP contribution in [0, 0.1) is 11.6 Å². The van der Waals surface area contributed by atoms with Crippen molar-refractivity contribution in [2.75, 3.05) is 17.3 Å². The van der Waals surface area contributed by atoms with Crippen LogP contribution < -0.4 is 10.2 Å². The van der Waals surface area contributed by atoms with E-state index in [2.05, 4.69) is 21.2 Å². The second-order valence-electron chi connectivity index (χ2n) is 7.28. The number of hydrogen-bond acceptors (Lipinski definition) is 3. The number of rotatable bonds is 2. The zero-order valence-electron chi connectivity index (χ0n) is 15.5. The number of anilines is 2. The maximum atomic E-state index is 14.7. The molecule has 2 unspecified atom stereocenters. The van der Waals surface area contributed by atoms with Gasteiger partial charge in [0.05, 0.1) is 10.0 Å². The monoisotopic (exact) mass is 438 g/mol. The Morgan fingerprint density at radius 2 is 1.89 bits per heavy atom. The van der Waals surface area contributed by atoms with E-state index < -0.39 is 35.3 Å². The summed E-state index contributed by atoms with van der Waals surface area (Å²) < 4.78 is 34.2. The van der Waals surface area contributed by atoms with E-state index in [4.69, 9.17) is 4.74 Å². The summed E-state index contributed by atoms with van der Waals surface area (Å²) in [5.74, 6) is -1.83. The molecule has 1 heterocycles. The van der Waals surface area contributed by atoms with E-state index >= 15 is 0 Å². The van der Waals surface area contributed by atoms with Crippen molar-refractivity contribution < 1.29 is 18.3 Å². The molecule has 1 aliphatic heterocycles. The molecule has 27 heavy (non-hydrogen) atoms. The molecule has 0 aromatic heterocycles. The molecular weight excluding hydrogens is 418 g/mol. The van der Waals surface area contributed by atoms with Gasteiger partial charge in [-0.25, -0.2) is 13.6 Å². The Morgan fingerprint density at radius 1 is 1.26 bits per heavy atom. The third-order valence-electron chi connectivity index (χ3n) is 4.92. The van der Waals surface area contributed by atoms with Gasteiger partial charge in [0.25, 0.3) is 0 Å². The van der Waals surface area contributed by atoms with Crippen molar-refractivity contribution >= 4 is 33.4 Å². The highest BCUT2D eigenvalue weighted by molar-refractivity contribution is 9.10. The van der Waals surface area contributed by atoms with Crippen LogP contribution in [0.2, 0.25) is 0 Å². The van der Waals surface area contributed by atoms with Crippen molar-refractivity contribution in [3.05, 3.63) is 58.1 Å². The van der Waals surface area contributed by atoms with Crippen LogP contribution in [0.5, 0.6) is 0 Å². The van der Waals surface area contributed by atoms with Gasteiger partial charge in [0.15, 0.2) is 0 Å². The first-order chi connectivity index (χ1) is 12.6. The van der Waals surface area contributed by atoms with Crippen LogP contribution in [0.15, 0.2) is 40.9 Å². The van der Waals surface area contributed by atoms with Crippen LogP contribution >= 0.6 is 15.9 Å². The number of nitrogens with zero attached hydrogens (tertiary/aromatic N) is 1. The van der Waals surface area contributed by atoms with E-state index in [-0.39, 0.29) is 4.47 Å². The molecule has 0 saturated carbocycles.